The van der Waals surface area contributed by atoms with Gasteiger partial charge in [-0.3, -0.25) is 14.9 Å². The number of rotatable bonds is 2. The third-order valence-corrected chi connectivity index (χ3v) is 3.03. The van der Waals surface area contributed by atoms with Crippen LogP contribution >= 0.6 is 11.3 Å². The lowest BCUT2D eigenvalue weighted by Gasteiger charge is -2.12. The summed E-state index contributed by atoms with van der Waals surface area (Å²) < 4.78 is 38.2. The van der Waals surface area contributed by atoms with Crippen molar-refractivity contribution >= 4 is 34.0 Å². The lowest BCUT2D eigenvalue weighted by atomic mass is 10.1. The van der Waals surface area contributed by atoms with E-state index < -0.39 is 29.2 Å². The van der Waals surface area contributed by atoms with Crippen LogP contribution in [0.4, 0.5) is 24.0 Å². The van der Waals surface area contributed by atoms with Gasteiger partial charge in [0, 0.05) is 11.6 Å². The molecule has 2 aromatic rings. The van der Waals surface area contributed by atoms with Gasteiger partial charge < -0.3 is 5.32 Å². The number of hydrogen-bond donors (Lipinski definition) is 2. The summed E-state index contributed by atoms with van der Waals surface area (Å²) in [5, 5.41) is 5.87. The quantitative estimate of drug-likeness (QED) is 0.837. The molecule has 0 aliphatic rings. The predicted octanol–water partition coefficient (Wildman–Crippen LogP) is 2.74. The average Bonchev–Trinajstić information content (AvgIpc) is 2.91. The highest BCUT2D eigenvalue weighted by Crippen LogP contribution is 2.34. The van der Waals surface area contributed by atoms with Crippen LogP contribution in [0.15, 0.2) is 35.8 Å². The van der Waals surface area contributed by atoms with E-state index in [1.807, 2.05) is 5.32 Å². The van der Waals surface area contributed by atoms with Gasteiger partial charge in [0.1, 0.15) is 0 Å². The lowest BCUT2D eigenvalue weighted by Crippen LogP contribution is -2.29. The second-order valence-electron chi connectivity index (χ2n) is 3.79. The van der Waals surface area contributed by atoms with Gasteiger partial charge in [-0.05, 0) is 12.1 Å². The van der Waals surface area contributed by atoms with E-state index in [0.717, 1.165) is 23.5 Å². The predicted molar refractivity (Wildman–Crippen MR) is 70.8 cm³/mol. The number of halogens is 3. The molecule has 110 valence electrons. The van der Waals surface area contributed by atoms with Crippen LogP contribution in [0.3, 0.4) is 0 Å². The van der Waals surface area contributed by atoms with E-state index in [0.29, 0.717) is 0 Å². The molecular weight excluding hydrogens is 307 g/mol. The Morgan fingerprint density at radius 1 is 1.10 bits per heavy atom. The second kappa shape index (κ2) is 5.92. The third-order valence-electron chi connectivity index (χ3n) is 2.34. The van der Waals surface area contributed by atoms with Crippen LogP contribution in [0.2, 0.25) is 0 Å². The third kappa shape index (κ3) is 3.78. The first-order chi connectivity index (χ1) is 9.88. The van der Waals surface area contributed by atoms with Gasteiger partial charge in [-0.25, -0.2) is 4.98 Å². The molecule has 0 fully saturated rings. The number of anilines is 2. The van der Waals surface area contributed by atoms with Gasteiger partial charge >= 0.3 is 18.0 Å². The van der Waals surface area contributed by atoms with Crippen LogP contribution in [-0.2, 0) is 15.8 Å². The number of nitrogens with one attached hydrogen (secondary N) is 2. The number of aromatic nitrogens is 1. The molecule has 21 heavy (non-hydrogen) atoms. The minimum absolute atomic E-state index is 0.180. The molecule has 0 unspecified atom stereocenters. The molecule has 0 radical (unpaired) electrons. The summed E-state index contributed by atoms with van der Waals surface area (Å²) in [7, 11) is 0. The molecular formula is C12H8F3N3O2S. The van der Waals surface area contributed by atoms with Crippen LogP contribution in [0, 0.1) is 0 Å². The Hall–Kier alpha value is -2.42. The van der Waals surface area contributed by atoms with Gasteiger partial charge in [-0.1, -0.05) is 12.1 Å². The van der Waals surface area contributed by atoms with E-state index in [2.05, 4.69) is 10.3 Å². The molecule has 0 atom stereocenters. The summed E-state index contributed by atoms with van der Waals surface area (Å²) in [6.07, 6.45) is -3.22. The van der Waals surface area contributed by atoms with E-state index in [4.69, 9.17) is 0 Å². The number of carbonyl (C=O) groups is 2. The highest BCUT2D eigenvalue weighted by molar-refractivity contribution is 7.13. The van der Waals surface area contributed by atoms with Crippen LogP contribution in [0.25, 0.3) is 0 Å². The van der Waals surface area contributed by atoms with Crippen molar-refractivity contribution in [2.24, 2.45) is 0 Å². The van der Waals surface area contributed by atoms with E-state index in [9.17, 15) is 22.8 Å². The minimum atomic E-state index is -4.63. The van der Waals surface area contributed by atoms with Crippen molar-refractivity contribution in [2.45, 2.75) is 6.18 Å². The monoisotopic (exact) mass is 315 g/mol. The number of nitrogens with zero attached hydrogens (tertiary/aromatic N) is 1. The molecule has 2 rings (SSSR count). The Bertz CT molecular complexity index is 656. The molecule has 0 spiro atoms. The summed E-state index contributed by atoms with van der Waals surface area (Å²) in [6, 6.07) is 4.39. The summed E-state index contributed by atoms with van der Waals surface area (Å²) in [5.41, 5.74) is -1.51. The minimum Gasteiger partial charge on any atom is -0.317 e. The SMILES string of the molecule is O=C(Nc1nccs1)C(=O)Nc1ccccc1C(F)(F)F. The largest absolute Gasteiger partial charge is 0.418 e. The molecule has 1 aromatic heterocycles. The van der Waals surface area contributed by atoms with E-state index in [-0.39, 0.29) is 5.13 Å². The van der Waals surface area contributed by atoms with Crippen LogP contribution in [0.1, 0.15) is 5.56 Å². The molecule has 9 heteroatoms. The Morgan fingerprint density at radius 3 is 2.38 bits per heavy atom. The second-order valence-corrected chi connectivity index (χ2v) is 4.68. The van der Waals surface area contributed by atoms with Gasteiger partial charge in [-0.15, -0.1) is 11.3 Å². The fourth-order valence-electron chi connectivity index (χ4n) is 1.46. The van der Waals surface area contributed by atoms with E-state index in [1.54, 1.807) is 5.38 Å². The Morgan fingerprint density at radius 2 is 1.76 bits per heavy atom. The molecule has 0 saturated carbocycles. The first-order valence-corrected chi connectivity index (χ1v) is 6.44. The Kier molecular flexibility index (Phi) is 4.22. The molecule has 0 aliphatic carbocycles. The standard InChI is InChI=1S/C12H8F3N3O2S/c13-12(14,15)7-3-1-2-4-8(7)17-9(19)10(20)18-11-16-5-6-21-11/h1-6H,(H,17,19)(H,16,18,20). The number of benzene rings is 1. The number of hydrogen-bond acceptors (Lipinski definition) is 4. The van der Waals surface area contributed by atoms with Crippen molar-refractivity contribution in [1.82, 2.24) is 4.98 Å². The summed E-state index contributed by atoms with van der Waals surface area (Å²) >= 11 is 1.08. The zero-order chi connectivity index (χ0) is 15.5. The maximum absolute atomic E-state index is 12.7. The summed E-state index contributed by atoms with van der Waals surface area (Å²) in [4.78, 5) is 26.9. The zero-order valence-corrected chi connectivity index (χ0v) is 11.1. The molecule has 2 N–H and O–H groups in total. The number of para-hydroxylation sites is 1. The number of amides is 2. The first kappa shape index (κ1) is 15.0. The van der Waals surface area contributed by atoms with Gasteiger partial charge in [0.25, 0.3) is 0 Å². The van der Waals surface area contributed by atoms with Crippen LogP contribution < -0.4 is 10.6 Å². The van der Waals surface area contributed by atoms with Crippen molar-refractivity contribution in [2.75, 3.05) is 10.6 Å². The fourth-order valence-corrected chi connectivity index (χ4v) is 1.98. The van der Waals surface area contributed by atoms with Crippen molar-refractivity contribution in [3.05, 3.63) is 41.4 Å². The molecule has 2 amide bonds. The topological polar surface area (TPSA) is 71.1 Å². The average molecular weight is 315 g/mol. The molecule has 1 heterocycles. The fraction of sp³-hybridized carbons (Fsp3) is 0.0833. The first-order valence-electron chi connectivity index (χ1n) is 5.56. The van der Waals surface area contributed by atoms with Crippen molar-refractivity contribution < 1.29 is 22.8 Å². The van der Waals surface area contributed by atoms with Crippen molar-refractivity contribution in [3.8, 4) is 0 Å². The van der Waals surface area contributed by atoms with E-state index >= 15 is 0 Å². The maximum Gasteiger partial charge on any atom is 0.418 e. The maximum atomic E-state index is 12.7. The number of thiazole rings is 1. The number of alkyl halides is 3. The Balaban J connectivity index is 2.11. The normalized spacial score (nSPS) is 11.0. The van der Waals surface area contributed by atoms with Gasteiger partial charge in [0.2, 0.25) is 0 Å². The highest BCUT2D eigenvalue weighted by Gasteiger charge is 2.34. The van der Waals surface area contributed by atoms with Crippen molar-refractivity contribution in [3.63, 3.8) is 0 Å². The molecule has 1 aromatic carbocycles. The van der Waals surface area contributed by atoms with Gasteiger partial charge in [0.05, 0.1) is 11.3 Å². The van der Waals surface area contributed by atoms with E-state index in [1.165, 1.54) is 18.3 Å². The summed E-state index contributed by atoms with van der Waals surface area (Å²) in [6.45, 7) is 0. The zero-order valence-electron chi connectivity index (χ0n) is 10.3. The Labute approximate surface area is 120 Å². The number of carbonyl (C=O) groups excluding carboxylic acids is 2. The molecule has 0 aliphatic heterocycles. The smallest absolute Gasteiger partial charge is 0.317 e. The lowest BCUT2D eigenvalue weighted by molar-refractivity contribution is -0.137. The van der Waals surface area contributed by atoms with Crippen LogP contribution in [0.5, 0.6) is 0 Å². The van der Waals surface area contributed by atoms with Gasteiger partial charge in [-0.2, -0.15) is 13.2 Å². The molecule has 0 saturated heterocycles. The molecule has 0 bridgehead atoms. The van der Waals surface area contributed by atoms with Gasteiger partial charge in [0.15, 0.2) is 5.13 Å². The highest BCUT2D eigenvalue weighted by atomic mass is 32.1. The van der Waals surface area contributed by atoms with Crippen molar-refractivity contribution in [1.29, 1.82) is 0 Å². The van der Waals surface area contributed by atoms with Crippen LogP contribution in [-0.4, -0.2) is 16.8 Å². The molecule has 5 nitrogen and oxygen atoms in total. The summed E-state index contributed by atoms with van der Waals surface area (Å²) in [5.74, 6) is -2.30.